The summed E-state index contributed by atoms with van der Waals surface area (Å²) in [4.78, 5) is 11.3. The summed E-state index contributed by atoms with van der Waals surface area (Å²) in [6, 6.07) is 0.143. The van der Waals surface area contributed by atoms with Crippen molar-refractivity contribution in [3.63, 3.8) is 0 Å². The average Bonchev–Trinajstić information content (AvgIpc) is 2.27. The maximum absolute atomic E-state index is 11.3. The molecule has 0 spiro atoms. The summed E-state index contributed by atoms with van der Waals surface area (Å²) in [5.41, 5.74) is 0.375. The lowest BCUT2D eigenvalue weighted by Crippen LogP contribution is -2.39. The van der Waals surface area contributed by atoms with Crippen molar-refractivity contribution < 1.29 is 17.9 Å². The standard InChI is InChI=1S/C11H19NO4S/c1-3-16-11(13)9(2)8-12-10-4-6-17(14,15)7-5-10/h10,12H,2-8H2,1H3. The van der Waals surface area contributed by atoms with E-state index in [0.717, 1.165) is 0 Å². The first-order valence-corrected chi connectivity index (χ1v) is 7.55. The Morgan fingerprint density at radius 3 is 2.53 bits per heavy atom. The van der Waals surface area contributed by atoms with E-state index in [0.29, 0.717) is 31.6 Å². The molecule has 0 aromatic carbocycles. The van der Waals surface area contributed by atoms with Gasteiger partial charge in [-0.15, -0.1) is 0 Å². The molecule has 0 amide bonds. The van der Waals surface area contributed by atoms with Crippen molar-refractivity contribution in [3.8, 4) is 0 Å². The number of rotatable bonds is 5. The molecule has 0 radical (unpaired) electrons. The maximum Gasteiger partial charge on any atom is 0.334 e. The molecule has 5 nitrogen and oxygen atoms in total. The number of carbonyl (C=O) groups is 1. The zero-order valence-electron chi connectivity index (χ0n) is 10.1. The number of sulfone groups is 1. The minimum atomic E-state index is -2.83. The van der Waals surface area contributed by atoms with Gasteiger partial charge in [-0.05, 0) is 19.8 Å². The lowest BCUT2D eigenvalue weighted by atomic mass is 10.1. The predicted octanol–water partition coefficient (Wildman–Crippen LogP) is 0.272. The topological polar surface area (TPSA) is 72.5 Å². The summed E-state index contributed by atoms with van der Waals surface area (Å²) in [6.45, 7) is 6.06. The van der Waals surface area contributed by atoms with Gasteiger partial charge in [0.05, 0.1) is 18.1 Å². The van der Waals surface area contributed by atoms with Gasteiger partial charge in [0, 0.05) is 18.2 Å². The molecule has 1 fully saturated rings. The Morgan fingerprint density at radius 2 is 2.00 bits per heavy atom. The molecular weight excluding hydrogens is 242 g/mol. The fourth-order valence-electron chi connectivity index (χ4n) is 1.67. The van der Waals surface area contributed by atoms with Crippen LogP contribution in [-0.2, 0) is 19.4 Å². The van der Waals surface area contributed by atoms with E-state index in [4.69, 9.17) is 4.74 Å². The predicted molar refractivity (Wildman–Crippen MR) is 65.5 cm³/mol. The third-order valence-corrected chi connectivity index (χ3v) is 4.44. The third-order valence-electron chi connectivity index (χ3n) is 2.72. The van der Waals surface area contributed by atoms with Gasteiger partial charge in [-0.1, -0.05) is 6.58 Å². The highest BCUT2D eigenvalue weighted by atomic mass is 32.2. The summed E-state index contributed by atoms with van der Waals surface area (Å²) in [5, 5.41) is 3.13. The second-order valence-electron chi connectivity index (χ2n) is 4.13. The maximum atomic E-state index is 11.3. The number of hydrogen-bond donors (Lipinski definition) is 1. The highest BCUT2D eigenvalue weighted by Crippen LogP contribution is 2.12. The molecule has 98 valence electrons. The molecule has 0 saturated carbocycles. The molecule has 17 heavy (non-hydrogen) atoms. The number of nitrogens with one attached hydrogen (secondary N) is 1. The van der Waals surface area contributed by atoms with Crippen LogP contribution in [-0.4, -0.2) is 45.1 Å². The van der Waals surface area contributed by atoms with Crippen molar-refractivity contribution >= 4 is 15.8 Å². The number of ether oxygens (including phenoxy) is 1. The normalized spacial score (nSPS) is 19.8. The first-order chi connectivity index (χ1) is 7.94. The molecule has 0 atom stereocenters. The highest BCUT2D eigenvalue weighted by molar-refractivity contribution is 7.91. The quantitative estimate of drug-likeness (QED) is 0.568. The van der Waals surface area contributed by atoms with Crippen LogP contribution in [0.3, 0.4) is 0 Å². The van der Waals surface area contributed by atoms with Crippen LogP contribution in [0.5, 0.6) is 0 Å². The van der Waals surface area contributed by atoms with Gasteiger partial charge in [-0.3, -0.25) is 0 Å². The lowest BCUT2D eigenvalue weighted by Gasteiger charge is -2.23. The molecule has 6 heteroatoms. The average molecular weight is 261 g/mol. The number of esters is 1. The lowest BCUT2D eigenvalue weighted by molar-refractivity contribution is -0.138. The monoisotopic (exact) mass is 261 g/mol. The van der Waals surface area contributed by atoms with Crippen LogP contribution in [0.25, 0.3) is 0 Å². The Hall–Kier alpha value is -0.880. The first-order valence-electron chi connectivity index (χ1n) is 5.73. The van der Waals surface area contributed by atoms with Crippen molar-refractivity contribution in [2.24, 2.45) is 0 Å². The van der Waals surface area contributed by atoms with Crippen LogP contribution in [0.15, 0.2) is 12.2 Å². The fraction of sp³-hybridized carbons (Fsp3) is 0.727. The molecule has 0 aromatic rings. The van der Waals surface area contributed by atoms with E-state index >= 15 is 0 Å². The summed E-state index contributed by atoms with van der Waals surface area (Å²) < 4.78 is 27.2. The second kappa shape index (κ2) is 6.16. The number of carbonyl (C=O) groups excluding carboxylic acids is 1. The molecule has 0 aliphatic carbocycles. The van der Waals surface area contributed by atoms with E-state index in [2.05, 4.69) is 11.9 Å². The fourth-order valence-corrected chi connectivity index (χ4v) is 3.16. The van der Waals surface area contributed by atoms with E-state index in [1.165, 1.54) is 0 Å². The molecule has 1 aliphatic rings. The molecule has 0 aromatic heterocycles. The van der Waals surface area contributed by atoms with Gasteiger partial charge >= 0.3 is 5.97 Å². The summed E-state index contributed by atoms with van der Waals surface area (Å²) >= 11 is 0. The van der Waals surface area contributed by atoms with E-state index < -0.39 is 15.8 Å². The molecule has 0 unspecified atom stereocenters. The summed E-state index contributed by atoms with van der Waals surface area (Å²) in [7, 11) is -2.83. The smallest absolute Gasteiger partial charge is 0.334 e. The minimum absolute atomic E-state index is 0.143. The molecule has 1 rings (SSSR count). The van der Waals surface area contributed by atoms with Gasteiger partial charge in [0.25, 0.3) is 0 Å². The summed E-state index contributed by atoms with van der Waals surface area (Å²) in [5.74, 6) is 0.0380. The van der Waals surface area contributed by atoms with Crippen LogP contribution in [0.2, 0.25) is 0 Å². The Bertz CT molecular complexity index is 374. The molecule has 1 heterocycles. The Kier molecular flexibility index (Phi) is 5.14. The van der Waals surface area contributed by atoms with Gasteiger partial charge < -0.3 is 10.1 Å². The molecule has 1 aliphatic heterocycles. The van der Waals surface area contributed by atoms with Gasteiger partial charge in [0.2, 0.25) is 0 Å². The zero-order chi connectivity index (χ0) is 12.9. The van der Waals surface area contributed by atoms with Crippen molar-refractivity contribution in [1.82, 2.24) is 5.32 Å². The minimum Gasteiger partial charge on any atom is -0.463 e. The van der Waals surface area contributed by atoms with Crippen LogP contribution in [0, 0.1) is 0 Å². The van der Waals surface area contributed by atoms with E-state index in [9.17, 15) is 13.2 Å². The SMILES string of the molecule is C=C(CNC1CCS(=O)(=O)CC1)C(=O)OCC. The van der Waals surface area contributed by atoms with Crippen LogP contribution >= 0.6 is 0 Å². The van der Waals surface area contributed by atoms with Gasteiger partial charge in [0.1, 0.15) is 9.84 Å². The van der Waals surface area contributed by atoms with Crippen molar-refractivity contribution in [2.75, 3.05) is 24.7 Å². The van der Waals surface area contributed by atoms with Gasteiger partial charge in [0.15, 0.2) is 0 Å². The Balaban J connectivity index is 2.28. The van der Waals surface area contributed by atoms with E-state index in [1.807, 2.05) is 0 Å². The van der Waals surface area contributed by atoms with Crippen molar-refractivity contribution in [2.45, 2.75) is 25.8 Å². The zero-order valence-corrected chi connectivity index (χ0v) is 10.9. The second-order valence-corrected chi connectivity index (χ2v) is 6.43. The van der Waals surface area contributed by atoms with Crippen LogP contribution in [0.1, 0.15) is 19.8 Å². The van der Waals surface area contributed by atoms with Crippen molar-refractivity contribution in [1.29, 1.82) is 0 Å². The molecule has 0 bridgehead atoms. The van der Waals surface area contributed by atoms with E-state index in [-0.39, 0.29) is 17.5 Å². The van der Waals surface area contributed by atoms with E-state index in [1.54, 1.807) is 6.92 Å². The molecule has 1 saturated heterocycles. The third kappa shape index (κ3) is 4.87. The van der Waals surface area contributed by atoms with Gasteiger partial charge in [-0.25, -0.2) is 13.2 Å². The number of hydrogen-bond acceptors (Lipinski definition) is 5. The molecular formula is C11H19NO4S. The van der Waals surface area contributed by atoms with Crippen LogP contribution in [0.4, 0.5) is 0 Å². The first kappa shape index (κ1) is 14.2. The largest absolute Gasteiger partial charge is 0.463 e. The van der Waals surface area contributed by atoms with Gasteiger partial charge in [-0.2, -0.15) is 0 Å². The Morgan fingerprint density at radius 1 is 1.41 bits per heavy atom. The van der Waals surface area contributed by atoms with Crippen LogP contribution < -0.4 is 5.32 Å². The highest BCUT2D eigenvalue weighted by Gasteiger charge is 2.23. The summed E-state index contributed by atoms with van der Waals surface area (Å²) in [6.07, 6.45) is 1.19. The van der Waals surface area contributed by atoms with Crippen molar-refractivity contribution in [3.05, 3.63) is 12.2 Å². The Labute approximate surface area is 102 Å². The molecule has 1 N–H and O–H groups in total.